The van der Waals surface area contributed by atoms with Gasteiger partial charge in [0.1, 0.15) is 11.8 Å². The summed E-state index contributed by atoms with van der Waals surface area (Å²) in [5.74, 6) is 0.0961. The van der Waals surface area contributed by atoms with Crippen LogP contribution in [0.25, 0.3) is 0 Å². The molecule has 0 spiro atoms. The number of benzene rings is 1. The van der Waals surface area contributed by atoms with Crippen molar-refractivity contribution in [1.82, 2.24) is 5.32 Å². The molecule has 1 aliphatic rings. The number of carboxylic acid groups (broad SMARTS) is 1. The zero-order valence-corrected chi connectivity index (χ0v) is 9.85. The number of aliphatic carboxylic acids is 1. The summed E-state index contributed by atoms with van der Waals surface area (Å²) in [7, 11) is 1.64. The van der Waals surface area contributed by atoms with Gasteiger partial charge in [0.05, 0.1) is 7.11 Å². The van der Waals surface area contributed by atoms with Crippen LogP contribution < -0.4 is 10.1 Å². The lowest BCUT2D eigenvalue weighted by Crippen LogP contribution is -2.36. The number of rotatable bonds is 4. The molecule has 1 unspecified atom stereocenters. The van der Waals surface area contributed by atoms with Gasteiger partial charge in [-0.3, -0.25) is 4.79 Å². The van der Waals surface area contributed by atoms with Crippen molar-refractivity contribution in [3.05, 3.63) is 29.8 Å². The van der Waals surface area contributed by atoms with E-state index >= 15 is 0 Å². The van der Waals surface area contributed by atoms with Crippen LogP contribution in [0.15, 0.2) is 24.3 Å². The number of ether oxygens (including phenoxy) is 1. The molecule has 0 bridgehead atoms. The molecule has 0 saturated carbocycles. The van der Waals surface area contributed by atoms with E-state index < -0.39 is 5.97 Å². The average Bonchev–Trinajstić information content (AvgIpc) is 2.79. The Labute approximate surface area is 101 Å². The summed E-state index contributed by atoms with van der Waals surface area (Å²) in [6.45, 7) is 0. The van der Waals surface area contributed by atoms with E-state index in [1.807, 2.05) is 24.3 Å². The highest BCUT2D eigenvalue weighted by Crippen LogP contribution is 2.18. The molecule has 1 saturated heterocycles. The molecule has 0 amide bonds. The van der Waals surface area contributed by atoms with Gasteiger partial charge in [0.2, 0.25) is 0 Å². The third kappa shape index (κ3) is 2.97. The van der Waals surface area contributed by atoms with Gasteiger partial charge in [0, 0.05) is 6.04 Å². The average molecular weight is 235 g/mol. The highest BCUT2D eigenvalue weighted by atomic mass is 16.5. The molecule has 92 valence electrons. The Morgan fingerprint density at radius 2 is 2.12 bits per heavy atom. The quantitative estimate of drug-likeness (QED) is 0.829. The number of carboxylic acids is 1. The van der Waals surface area contributed by atoms with Crippen molar-refractivity contribution in [2.75, 3.05) is 7.11 Å². The smallest absolute Gasteiger partial charge is 0.320 e. The molecule has 4 heteroatoms. The molecule has 4 nitrogen and oxygen atoms in total. The molecule has 17 heavy (non-hydrogen) atoms. The third-order valence-corrected chi connectivity index (χ3v) is 3.18. The van der Waals surface area contributed by atoms with Crippen molar-refractivity contribution < 1.29 is 14.6 Å². The lowest BCUT2D eigenvalue weighted by Gasteiger charge is -2.12. The Kier molecular flexibility index (Phi) is 3.64. The summed E-state index contributed by atoms with van der Waals surface area (Å²) in [6.07, 6.45) is 2.51. The maximum absolute atomic E-state index is 10.8. The largest absolute Gasteiger partial charge is 0.497 e. The van der Waals surface area contributed by atoms with Crippen LogP contribution in [0.4, 0.5) is 0 Å². The molecule has 1 aromatic rings. The molecular weight excluding hydrogens is 218 g/mol. The summed E-state index contributed by atoms with van der Waals surface area (Å²) in [4.78, 5) is 10.8. The van der Waals surface area contributed by atoms with Crippen LogP contribution in [0.2, 0.25) is 0 Å². The maximum atomic E-state index is 10.8. The lowest BCUT2D eigenvalue weighted by molar-refractivity contribution is -0.139. The van der Waals surface area contributed by atoms with E-state index in [2.05, 4.69) is 5.32 Å². The van der Waals surface area contributed by atoms with E-state index in [9.17, 15) is 4.79 Å². The number of hydrogen-bond donors (Lipinski definition) is 2. The van der Waals surface area contributed by atoms with Gasteiger partial charge in [-0.05, 0) is 37.0 Å². The monoisotopic (exact) mass is 235 g/mol. The Morgan fingerprint density at radius 3 is 2.65 bits per heavy atom. The van der Waals surface area contributed by atoms with Gasteiger partial charge in [0.15, 0.2) is 0 Å². The van der Waals surface area contributed by atoms with Crippen LogP contribution >= 0.6 is 0 Å². The SMILES string of the molecule is COc1ccc(CC2CC[C@H](C(=O)O)N2)cc1. The fourth-order valence-electron chi connectivity index (χ4n) is 2.22. The Morgan fingerprint density at radius 1 is 1.41 bits per heavy atom. The van der Waals surface area contributed by atoms with E-state index in [-0.39, 0.29) is 12.1 Å². The minimum atomic E-state index is -0.748. The first-order valence-corrected chi connectivity index (χ1v) is 5.81. The Balaban J connectivity index is 1.91. The van der Waals surface area contributed by atoms with Crippen LogP contribution in [0.1, 0.15) is 18.4 Å². The second-order valence-electron chi connectivity index (χ2n) is 4.38. The molecule has 1 aromatic carbocycles. The predicted molar refractivity (Wildman–Crippen MR) is 64.3 cm³/mol. The highest BCUT2D eigenvalue weighted by molar-refractivity contribution is 5.73. The van der Waals surface area contributed by atoms with Gasteiger partial charge in [-0.15, -0.1) is 0 Å². The molecule has 1 fully saturated rings. The van der Waals surface area contributed by atoms with Gasteiger partial charge < -0.3 is 15.2 Å². The van der Waals surface area contributed by atoms with Gasteiger partial charge in [0.25, 0.3) is 0 Å². The molecule has 2 rings (SSSR count). The highest BCUT2D eigenvalue weighted by Gasteiger charge is 2.28. The summed E-state index contributed by atoms with van der Waals surface area (Å²) in [6, 6.07) is 7.80. The molecule has 0 aromatic heterocycles. The Hall–Kier alpha value is -1.55. The third-order valence-electron chi connectivity index (χ3n) is 3.18. The summed E-state index contributed by atoms with van der Waals surface area (Å²) in [5.41, 5.74) is 1.20. The van der Waals surface area contributed by atoms with Crippen LogP contribution in [-0.4, -0.2) is 30.3 Å². The lowest BCUT2D eigenvalue weighted by atomic mass is 10.0. The van der Waals surface area contributed by atoms with Gasteiger partial charge in [-0.2, -0.15) is 0 Å². The fraction of sp³-hybridized carbons (Fsp3) is 0.462. The molecular formula is C13H17NO3. The van der Waals surface area contributed by atoms with Crippen LogP contribution in [0.3, 0.4) is 0 Å². The van der Waals surface area contributed by atoms with Crippen molar-refractivity contribution in [2.45, 2.75) is 31.3 Å². The second-order valence-corrected chi connectivity index (χ2v) is 4.38. The van der Waals surface area contributed by atoms with Gasteiger partial charge in [-0.25, -0.2) is 0 Å². The summed E-state index contributed by atoms with van der Waals surface area (Å²) >= 11 is 0. The fourth-order valence-corrected chi connectivity index (χ4v) is 2.22. The van der Waals surface area contributed by atoms with E-state index in [0.29, 0.717) is 0 Å². The Bertz CT molecular complexity index is 388. The number of hydrogen-bond acceptors (Lipinski definition) is 3. The second kappa shape index (κ2) is 5.19. The van der Waals surface area contributed by atoms with E-state index in [1.54, 1.807) is 7.11 Å². The molecule has 0 aliphatic carbocycles. The maximum Gasteiger partial charge on any atom is 0.320 e. The van der Waals surface area contributed by atoms with Crippen LogP contribution in [0, 0.1) is 0 Å². The van der Waals surface area contributed by atoms with Crippen molar-refractivity contribution in [1.29, 1.82) is 0 Å². The molecule has 2 atom stereocenters. The normalized spacial score (nSPS) is 23.6. The van der Waals surface area contributed by atoms with Crippen molar-refractivity contribution in [3.63, 3.8) is 0 Å². The zero-order chi connectivity index (χ0) is 12.3. The first kappa shape index (κ1) is 11.9. The molecule has 1 aliphatic heterocycles. The van der Waals surface area contributed by atoms with Crippen molar-refractivity contribution >= 4 is 5.97 Å². The van der Waals surface area contributed by atoms with E-state index in [1.165, 1.54) is 5.56 Å². The number of carbonyl (C=O) groups is 1. The first-order valence-electron chi connectivity index (χ1n) is 5.81. The van der Waals surface area contributed by atoms with E-state index in [4.69, 9.17) is 9.84 Å². The zero-order valence-electron chi connectivity index (χ0n) is 9.85. The number of methoxy groups -OCH3 is 1. The molecule has 0 radical (unpaired) electrons. The topological polar surface area (TPSA) is 58.6 Å². The van der Waals surface area contributed by atoms with Gasteiger partial charge >= 0.3 is 5.97 Å². The van der Waals surface area contributed by atoms with Crippen LogP contribution in [-0.2, 0) is 11.2 Å². The van der Waals surface area contributed by atoms with Crippen molar-refractivity contribution in [2.24, 2.45) is 0 Å². The standard InChI is InChI=1S/C13H17NO3/c1-17-11-5-2-9(3-6-11)8-10-4-7-12(14-10)13(15)16/h2-3,5-6,10,12,14H,4,7-8H2,1H3,(H,15,16)/t10?,12-/m1/s1. The van der Waals surface area contributed by atoms with Crippen molar-refractivity contribution in [3.8, 4) is 5.75 Å². The van der Waals surface area contributed by atoms with E-state index in [0.717, 1.165) is 25.0 Å². The van der Waals surface area contributed by atoms with Gasteiger partial charge in [-0.1, -0.05) is 12.1 Å². The molecule has 1 heterocycles. The number of nitrogens with one attached hydrogen (secondary N) is 1. The minimum absolute atomic E-state index is 0.268. The van der Waals surface area contributed by atoms with Crippen LogP contribution in [0.5, 0.6) is 5.75 Å². The first-order chi connectivity index (χ1) is 8.19. The summed E-state index contributed by atoms with van der Waals surface area (Å²) in [5, 5.41) is 12.0. The summed E-state index contributed by atoms with van der Waals surface area (Å²) < 4.78 is 5.09. The minimum Gasteiger partial charge on any atom is -0.497 e. The molecule has 2 N–H and O–H groups in total. The predicted octanol–water partition coefficient (Wildman–Crippen LogP) is 1.44.